The second kappa shape index (κ2) is 4.92. The Balaban J connectivity index is 2.16. The zero-order chi connectivity index (χ0) is 15.1. The Kier molecular flexibility index (Phi) is 3.21. The van der Waals surface area contributed by atoms with Gasteiger partial charge in [0.05, 0.1) is 26.0 Å². The first-order valence-electron chi connectivity index (χ1n) is 6.61. The van der Waals surface area contributed by atoms with Gasteiger partial charge in [0.1, 0.15) is 11.6 Å². The van der Waals surface area contributed by atoms with Crippen molar-refractivity contribution in [2.45, 2.75) is 18.6 Å². The summed E-state index contributed by atoms with van der Waals surface area (Å²) in [6.07, 6.45) is -0.451. The van der Waals surface area contributed by atoms with E-state index >= 15 is 0 Å². The van der Waals surface area contributed by atoms with Crippen LogP contribution in [0, 0.1) is 0 Å². The number of nitrogens with zero attached hydrogens (tertiary/aromatic N) is 1. The largest absolute Gasteiger partial charge is 0.493 e. The van der Waals surface area contributed by atoms with E-state index in [1.165, 1.54) is 19.1 Å². The van der Waals surface area contributed by atoms with E-state index in [2.05, 4.69) is 5.32 Å². The summed E-state index contributed by atoms with van der Waals surface area (Å²) in [6.45, 7) is 0.136. The van der Waals surface area contributed by atoms with Crippen molar-refractivity contribution in [3.8, 4) is 11.5 Å². The maximum Gasteiger partial charge on any atom is 0.260 e. The number of hydrogen-bond donors (Lipinski definition) is 2. The topological polar surface area (TPSA) is 88.1 Å². The van der Waals surface area contributed by atoms with Gasteiger partial charge in [-0.3, -0.25) is 9.59 Å². The number of rotatable bonds is 2. The smallest absolute Gasteiger partial charge is 0.260 e. The highest BCUT2D eigenvalue weighted by Gasteiger charge is 2.43. The molecule has 0 aliphatic carbocycles. The van der Waals surface area contributed by atoms with Crippen molar-refractivity contribution in [1.29, 1.82) is 0 Å². The fraction of sp³-hybridized carbons (Fsp3) is 0.429. The summed E-state index contributed by atoms with van der Waals surface area (Å²) in [7, 11) is 2.92. The Morgan fingerprint density at radius 2 is 2.05 bits per heavy atom. The molecule has 2 N–H and O–H groups in total. The van der Waals surface area contributed by atoms with Gasteiger partial charge in [-0.25, -0.2) is 0 Å². The molecule has 2 aliphatic heterocycles. The van der Waals surface area contributed by atoms with Gasteiger partial charge in [0.15, 0.2) is 11.5 Å². The lowest BCUT2D eigenvalue weighted by molar-refractivity contribution is -0.119. The number of hydrogen-bond acceptors (Lipinski definition) is 5. The number of amides is 2. The number of nitrogens with one attached hydrogen (secondary N) is 1. The first kappa shape index (κ1) is 13.7. The quantitative estimate of drug-likeness (QED) is 0.814. The number of fused-ring (bicyclic) bond motifs is 2. The van der Waals surface area contributed by atoms with Crippen LogP contribution >= 0.6 is 0 Å². The molecular formula is C14H16N2O5. The third kappa shape index (κ3) is 2.01. The van der Waals surface area contributed by atoms with Gasteiger partial charge in [0, 0.05) is 13.0 Å². The summed E-state index contributed by atoms with van der Waals surface area (Å²) in [5.74, 6) is 0.0471. The fourth-order valence-corrected chi connectivity index (χ4v) is 2.89. The van der Waals surface area contributed by atoms with Gasteiger partial charge in [0.2, 0.25) is 5.91 Å². The molecule has 112 valence electrons. The van der Waals surface area contributed by atoms with Crippen LogP contribution in [-0.2, 0) is 4.79 Å². The Bertz CT molecular complexity index is 616. The summed E-state index contributed by atoms with van der Waals surface area (Å²) in [5, 5.41) is 12.5. The van der Waals surface area contributed by atoms with Crippen molar-refractivity contribution in [2.75, 3.05) is 26.1 Å². The van der Waals surface area contributed by atoms with Gasteiger partial charge in [-0.2, -0.15) is 0 Å². The number of methoxy groups -OCH3 is 2. The van der Waals surface area contributed by atoms with Gasteiger partial charge >= 0.3 is 0 Å². The van der Waals surface area contributed by atoms with Crippen molar-refractivity contribution in [3.63, 3.8) is 0 Å². The van der Waals surface area contributed by atoms with Crippen LogP contribution in [0.5, 0.6) is 11.5 Å². The number of carbonyl (C=O) groups is 2. The molecule has 2 aliphatic rings. The summed E-state index contributed by atoms with van der Waals surface area (Å²) >= 11 is 0. The van der Waals surface area contributed by atoms with E-state index in [1.807, 2.05) is 0 Å². The SMILES string of the molecule is COc1ccc2c(c1OC)C(=O)N1CC(O)C[C@H]1C(=O)N2. The normalized spacial score (nSPS) is 24.0. The van der Waals surface area contributed by atoms with Crippen LogP contribution < -0.4 is 14.8 Å². The third-order valence-corrected chi connectivity index (χ3v) is 3.86. The predicted octanol–water partition coefficient (Wildman–Crippen LogP) is 0.231. The monoisotopic (exact) mass is 292 g/mol. The van der Waals surface area contributed by atoms with Crippen molar-refractivity contribution < 1.29 is 24.2 Å². The van der Waals surface area contributed by atoms with E-state index in [-0.39, 0.29) is 36.1 Å². The number of ether oxygens (including phenoxy) is 2. The lowest BCUT2D eigenvalue weighted by Crippen LogP contribution is -2.40. The van der Waals surface area contributed by atoms with E-state index in [0.29, 0.717) is 11.4 Å². The van der Waals surface area contributed by atoms with E-state index in [4.69, 9.17) is 9.47 Å². The minimum Gasteiger partial charge on any atom is -0.493 e. The van der Waals surface area contributed by atoms with Crippen molar-refractivity contribution in [3.05, 3.63) is 17.7 Å². The molecule has 21 heavy (non-hydrogen) atoms. The van der Waals surface area contributed by atoms with Crippen molar-refractivity contribution in [2.24, 2.45) is 0 Å². The first-order chi connectivity index (χ1) is 10.1. The highest BCUT2D eigenvalue weighted by molar-refractivity contribution is 6.12. The lowest BCUT2D eigenvalue weighted by Gasteiger charge is -2.20. The number of carbonyl (C=O) groups excluding carboxylic acids is 2. The molecule has 7 nitrogen and oxygen atoms in total. The van der Waals surface area contributed by atoms with Crippen molar-refractivity contribution in [1.82, 2.24) is 4.90 Å². The third-order valence-electron chi connectivity index (χ3n) is 3.86. The number of anilines is 1. The minimum absolute atomic E-state index is 0.136. The number of aliphatic hydroxyl groups is 1. The molecule has 1 saturated heterocycles. The highest BCUT2D eigenvalue weighted by atomic mass is 16.5. The Morgan fingerprint density at radius 3 is 2.71 bits per heavy atom. The van der Waals surface area contributed by atoms with Gasteiger partial charge in [-0.15, -0.1) is 0 Å². The van der Waals surface area contributed by atoms with Crippen LogP contribution in [0.3, 0.4) is 0 Å². The van der Waals surface area contributed by atoms with Gasteiger partial charge in [-0.05, 0) is 12.1 Å². The molecular weight excluding hydrogens is 276 g/mol. The Labute approximate surface area is 121 Å². The summed E-state index contributed by atoms with van der Waals surface area (Å²) in [6, 6.07) is 2.59. The van der Waals surface area contributed by atoms with E-state index in [1.54, 1.807) is 12.1 Å². The first-order valence-corrected chi connectivity index (χ1v) is 6.61. The molecule has 0 aromatic heterocycles. The Hall–Kier alpha value is -2.28. The average molecular weight is 292 g/mol. The average Bonchev–Trinajstić information content (AvgIpc) is 2.84. The van der Waals surface area contributed by atoms with E-state index < -0.39 is 12.1 Å². The second-order valence-electron chi connectivity index (χ2n) is 5.08. The molecule has 0 radical (unpaired) electrons. The highest BCUT2D eigenvalue weighted by Crippen LogP contribution is 2.39. The zero-order valence-electron chi connectivity index (χ0n) is 11.8. The van der Waals surface area contributed by atoms with E-state index in [0.717, 1.165) is 0 Å². The molecule has 2 heterocycles. The molecule has 2 amide bonds. The molecule has 1 aromatic carbocycles. The number of aliphatic hydroxyl groups excluding tert-OH is 1. The van der Waals surface area contributed by atoms with Gasteiger partial charge < -0.3 is 24.8 Å². The van der Waals surface area contributed by atoms with Crippen molar-refractivity contribution >= 4 is 17.5 Å². The molecule has 1 aromatic rings. The van der Waals surface area contributed by atoms with Crippen LogP contribution in [0.4, 0.5) is 5.69 Å². The predicted molar refractivity (Wildman–Crippen MR) is 73.6 cm³/mol. The molecule has 1 unspecified atom stereocenters. The van der Waals surface area contributed by atoms with Crippen LogP contribution in [0.2, 0.25) is 0 Å². The molecule has 3 rings (SSSR count). The molecule has 0 bridgehead atoms. The van der Waals surface area contributed by atoms with Crippen LogP contribution in [-0.4, -0.2) is 54.7 Å². The van der Waals surface area contributed by atoms with Crippen LogP contribution in [0.1, 0.15) is 16.8 Å². The maximum atomic E-state index is 12.7. The van der Waals surface area contributed by atoms with Crippen LogP contribution in [0.15, 0.2) is 12.1 Å². The molecule has 1 fully saturated rings. The fourth-order valence-electron chi connectivity index (χ4n) is 2.89. The second-order valence-corrected chi connectivity index (χ2v) is 5.08. The Morgan fingerprint density at radius 1 is 1.29 bits per heavy atom. The van der Waals surface area contributed by atoms with Gasteiger partial charge in [-0.1, -0.05) is 0 Å². The number of benzene rings is 1. The van der Waals surface area contributed by atoms with E-state index in [9.17, 15) is 14.7 Å². The maximum absolute atomic E-state index is 12.7. The minimum atomic E-state index is -0.692. The summed E-state index contributed by atoms with van der Waals surface area (Å²) in [4.78, 5) is 26.3. The van der Waals surface area contributed by atoms with Gasteiger partial charge in [0.25, 0.3) is 5.91 Å². The zero-order valence-corrected chi connectivity index (χ0v) is 11.8. The molecule has 7 heteroatoms. The molecule has 0 spiro atoms. The van der Waals surface area contributed by atoms with Crippen LogP contribution in [0.25, 0.3) is 0 Å². The summed E-state index contributed by atoms with van der Waals surface area (Å²) in [5.41, 5.74) is 0.647. The molecule has 0 saturated carbocycles. The standard InChI is InChI=1S/C14H16N2O5/c1-20-10-4-3-8-11(12(10)21-2)14(19)16-6-7(17)5-9(16)13(18)15-8/h3-4,7,9,17H,5-6H2,1-2H3,(H,15,18)/t7?,9-/m0/s1. The lowest BCUT2D eigenvalue weighted by atomic mass is 10.1. The summed E-state index contributed by atoms with van der Waals surface area (Å²) < 4.78 is 10.5. The molecule has 2 atom stereocenters.